The zero-order valence-corrected chi connectivity index (χ0v) is 17.0. The molecule has 1 fully saturated rings. The molecule has 0 aromatic heterocycles. The van der Waals surface area contributed by atoms with Crippen molar-refractivity contribution >= 4 is 16.3 Å². The summed E-state index contributed by atoms with van der Waals surface area (Å²) in [5.41, 5.74) is 0. The summed E-state index contributed by atoms with van der Waals surface area (Å²) in [6.07, 6.45) is -6.00. The van der Waals surface area contributed by atoms with Crippen molar-refractivity contribution in [2.24, 2.45) is 0 Å². The van der Waals surface area contributed by atoms with Gasteiger partial charge in [0.2, 0.25) is 22.6 Å². The second-order valence-corrected chi connectivity index (χ2v) is 6.35. The van der Waals surface area contributed by atoms with Crippen LogP contribution in [0, 0.1) is 0 Å². The van der Waals surface area contributed by atoms with Crippen molar-refractivity contribution in [2.75, 3.05) is 6.61 Å². The Labute approximate surface area is 172 Å². The summed E-state index contributed by atoms with van der Waals surface area (Å²) in [5, 5.41) is 21.8. The van der Waals surface area contributed by atoms with E-state index in [1.165, 1.54) is 0 Å². The third-order valence-electron chi connectivity index (χ3n) is 3.45. The van der Waals surface area contributed by atoms with Gasteiger partial charge in [-0.05, 0) is 12.1 Å². The van der Waals surface area contributed by atoms with Gasteiger partial charge in [0.15, 0.2) is 0 Å². The fourth-order valence-electron chi connectivity index (χ4n) is 2.44. The molecule has 1 heterocycles. The van der Waals surface area contributed by atoms with Crippen LogP contribution in [0.5, 0.6) is 5.75 Å². The smallest absolute Gasteiger partial charge is 0.726 e. The van der Waals surface area contributed by atoms with Crippen molar-refractivity contribution in [3.8, 4) is 5.75 Å². The molecule has 0 aliphatic carbocycles. The molecule has 1 aliphatic rings. The number of ether oxygens (including phenoxy) is 2. The topological polar surface area (TPSA) is 154 Å². The van der Waals surface area contributed by atoms with Crippen molar-refractivity contribution in [1.29, 1.82) is 0 Å². The second-order valence-electron chi connectivity index (χ2n) is 5.34. The molecule has 0 radical (unpaired) electrons. The van der Waals surface area contributed by atoms with Crippen LogP contribution >= 0.6 is 0 Å². The van der Waals surface area contributed by atoms with Crippen LogP contribution in [-0.2, 0) is 24.1 Å². The SMILES string of the molecule is CC(=O)N[C@H]1[C@@H](Oc2ccccc2)O[C@H](CO)[C@H](O)[C@@H]1OS(=O)(=O)[O-].[Na+]. The molecule has 10 nitrogen and oxygen atoms in total. The first kappa shape index (κ1) is 23.3. The maximum atomic E-state index is 11.4. The Morgan fingerprint density at radius 2 is 1.96 bits per heavy atom. The maximum Gasteiger partial charge on any atom is 1.00 e. The summed E-state index contributed by atoms with van der Waals surface area (Å²) >= 11 is 0. The van der Waals surface area contributed by atoms with Crippen molar-refractivity contribution in [1.82, 2.24) is 5.32 Å². The number of carbonyl (C=O) groups is 1. The fraction of sp³-hybridized carbons (Fsp3) is 0.500. The first-order valence-electron chi connectivity index (χ1n) is 7.28. The summed E-state index contributed by atoms with van der Waals surface area (Å²) in [6, 6.07) is 6.90. The van der Waals surface area contributed by atoms with Gasteiger partial charge in [0.25, 0.3) is 0 Å². The van der Waals surface area contributed by atoms with E-state index in [4.69, 9.17) is 9.47 Å². The Kier molecular flexibility index (Phi) is 8.93. The molecule has 2 rings (SSSR count). The van der Waals surface area contributed by atoms with E-state index in [0.717, 1.165) is 6.92 Å². The summed E-state index contributed by atoms with van der Waals surface area (Å²) < 4.78 is 48.3. The van der Waals surface area contributed by atoms with Gasteiger partial charge in [0.05, 0.1) is 6.61 Å². The van der Waals surface area contributed by atoms with Crippen LogP contribution in [0.4, 0.5) is 0 Å². The van der Waals surface area contributed by atoms with E-state index in [0.29, 0.717) is 5.75 Å². The van der Waals surface area contributed by atoms with Crippen molar-refractivity contribution in [3.63, 3.8) is 0 Å². The first-order valence-corrected chi connectivity index (χ1v) is 8.62. The van der Waals surface area contributed by atoms with E-state index in [-0.39, 0.29) is 29.6 Å². The van der Waals surface area contributed by atoms with Crippen LogP contribution in [0.25, 0.3) is 0 Å². The van der Waals surface area contributed by atoms with E-state index in [1.807, 2.05) is 0 Å². The van der Waals surface area contributed by atoms with Crippen LogP contribution in [0.15, 0.2) is 30.3 Å². The molecule has 1 saturated heterocycles. The van der Waals surface area contributed by atoms with Gasteiger partial charge in [0, 0.05) is 6.92 Å². The summed E-state index contributed by atoms with van der Waals surface area (Å²) in [4.78, 5) is 11.4. The Balaban J connectivity index is 0.00000338. The van der Waals surface area contributed by atoms with Crippen LogP contribution in [0.2, 0.25) is 0 Å². The largest absolute Gasteiger partial charge is 1.00 e. The molecule has 0 bridgehead atoms. The van der Waals surface area contributed by atoms with E-state index < -0.39 is 53.6 Å². The molecule has 1 aliphatic heterocycles. The van der Waals surface area contributed by atoms with Gasteiger partial charge in [-0.3, -0.25) is 8.98 Å². The minimum atomic E-state index is -5.21. The molecule has 3 N–H and O–H groups in total. The predicted molar refractivity (Wildman–Crippen MR) is 81.0 cm³/mol. The van der Waals surface area contributed by atoms with Gasteiger partial charge < -0.3 is 29.6 Å². The Bertz CT molecular complexity index is 687. The van der Waals surface area contributed by atoms with Gasteiger partial charge in [-0.2, -0.15) is 0 Å². The molecule has 26 heavy (non-hydrogen) atoms. The van der Waals surface area contributed by atoms with Gasteiger partial charge in [-0.1, -0.05) is 18.2 Å². The van der Waals surface area contributed by atoms with Crippen molar-refractivity contribution in [2.45, 2.75) is 37.6 Å². The number of rotatable bonds is 6. The van der Waals surface area contributed by atoms with Crippen LogP contribution in [0.1, 0.15) is 6.92 Å². The quantitative estimate of drug-likeness (QED) is 0.244. The molecule has 12 heteroatoms. The van der Waals surface area contributed by atoms with Crippen LogP contribution < -0.4 is 39.6 Å². The third-order valence-corrected chi connectivity index (χ3v) is 3.91. The third kappa shape index (κ3) is 6.44. The van der Waals surface area contributed by atoms with Crippen LogP contribution in [-0.4, -0.2) is 66.3 Å². The summed E-state index contributed by atoms with van der Waals surface area (Å²) in [5.74, 6) is -0.276. The van der Waals surface area contributed by atoms with E-state index in [9.17, 15) is 28.0 Å². The van der Waals surface area contributed by atoms with Gasteiger partial charge >= 0.3 is 29.6 Å². The minimum absolute atomic E-state index is 0. The number of amides is 1. The molecule has 5 atom stereocenters. The zero-order valence-electron chi connectivity index (χ0n) is 14.1. The van der Waals surface area contributed by atoms with Crippen molar-refractivity contribution < 1.29 is 71.2 Å². The molecular weight excluding hydrogens is 381 g/mol. The molecule has 0 unspecified atom stereocenters. The Morgan fingerprint density at radius 3 is 2.46 bits per heavy atom. The molecule has 140 valence electrons. The van der Waals surface area contributed by atoms with Crippen molar-refractivity contribution in [3.05, 3.63) is 30.3 Å². The van der Waals surface area contributed by atoms with Crippen LogP contribution in [0.3, 0.4) is 0 Å². The number of hydrogen-bond donors (Lipinski definition) is 3. The Hall–Kier alpha value is -0.760. The molecule has 0 spiro atoms. The maximum absolute atomic E-state index is 11.4. The van der Waals surface area contributed by atoms with E-state index in [1.54, 1.807) is 30.3 Å². The van der Waals surface area contributed by atoms with E-state index >= 15 is 0 Å². The number of nitrogens with one attached hydrogen (secondary N) is 1. The second kappa shape index (κ2) is 9.97. The van der Waals surface area contributed by atoms with Gasteiger partial charge in [0.1, 0.15) is 30.1 Å². The first-order chi connectivity index (χ1) is 11.7. The normalized spacial score (nSPS) is 28.7. The molecular formula is C14H18NNaO9S. The van der Waals surface area contributed by atoms with Gasteiger partial charge in [-0.15, -0.1) is 0 Å². The Morgan fingerprint density at radius 1 is 1.35 bits per heavy atom. The number of aliphatic hydroxyl groups is 2. The molecule has 0 saturated carbocycles. The predicted octanol–water partition coefficient (Wildman–Crippen LogP) is -4.50. The molecule has 1 aromatic carbocycles. The van der Waals surface area contributed by atoms with Gasteiger partial charge in [-0.25, -0.2) is 8.42 Å². The minimum Gasteiger partial charge on any atom is -0.726 e. The number of aliphatic hydroxyl groups excluding tert-OH is 2. The monoisotopic (exact) mass is 399 g/mol. The summed E-state index contributed by atoms with van der Waals surface area (Å²) in [6.45, 7) is 0.453. The average Bonchev–Trinajstić information content (AvgIpc) is 2.53. The average molecular weight is 399 g/mol. The van der Waals surface area contributed by atoms with E-state index in [2.05, 4.69) is 9.50 Å². The molecule has 1 aromatic rings. The summed E-state index contributed by atoms with van der Waals surface area (Å²) in [7, 11) is -5.21. The number of carbonyl (C=O) groups excluding carboxylic acids is 1. The standard InChI is InChI=1S/C14H19NO9S.Na/c1-8(17)15-11-13(24-25(19,20)21)12(18)10(7-16)23-14(11)22-9-5-3-2-4-6-9;/h2-6,10-14,16,18H,7H2,1H3,(H,15,17)(H,19,20,21);/q;+1/p-1/t10-,11-,12+,13-,14+;/m1./s1. The zero-order chi connectivity index (χ0) is 18.6. The number of hydrogen-bond acceptors (Lipinski definition) is 9. The number of benzene rings is 1. The fourth-order valence-corrected chi connectivity index (χ4v) is 2.95. The molecule has 1 amide bonds. The number of para-hydroxylation sites is 1.